The van der Waals surface area contributed by atoms with Gasteiger partial charge in [-0.1, -0.05) is 12.1 Å². The van der Waals surface area contributed by atoms with Crippen molar-refractivity contribution in [2.24, 2.45) is 0 Å². The van der Waals surface area contributed by atoms with Gasteiger partial charge in [0.1, 0.15) is 5.82 Å². The van der Waals surface area contributed by atoms with E-state index in [9.17, 15) is 9.90 Å². The molecule has 0 aliphatic rings. The van der Waals surface area contributed by atoms with Crippen molar-refractivity contribution in [2.45, 2.75) is 38.5 Å². The summed E-state index contributed by atoms with van der Waals surface area (Å²) >= 11 is 1.56. The summed E-state index contributed by atoms with van der Waals surface area (Å²) in [7, 11) is 0. The number of aromatic nitrogens is 2. The van der Waals surface area contributed by atoms with Crippen LogP contribution in [0, 0.1) is 0 Å². The highest BCUT2D eigenvalue weighted by Crippen LogP contribution is 2.28. The first-order chi connectivity index (χ1) is 10.8. The number of hydrogen-bond donors (Lipinski definition) is 2. The summed E-state index contributed by atoms with van der Waals surface area (Å²) in [6.07, 6.45) is 0. The number of imidazole rings is 1. The summed E-state index contributed by atoms with van der Waals surface area (Å²) in [6.45, 7) is 8.35. The number of aromatic amines is 1. The molecule has 0 aliphatic heterocycles. The van der Waals surface area contributed by atoms with Gasteiger partial charge in [-0.2, -0.15) is 0 Å². The summed E-state index contributed by atoms with van der Waals surface area (Å²) in [5.41, 5.74) is 1.08. The van der Waals surface area contributed by atoms with Crippen molar-refractivity contribution >= 4 is 28.7 Å². The SMILES string of the molecule is CCN(CC(C)(C)O)C(=O)CSC(C)c1nc2ccccc2[nH]1. The number of fused-ring (bicyclic) bond motifs is 1. The minimum atomic E-state index is -0.874. The molecule has 0 spiro atoms. The van der Waals surface area contributed by atoms with Crippen LogP contribution in [0.25, 0.3) is 11.0 Å². The highest BCUT2D eigenvalue weighted by atomic mass is 32.2. The van der Waals surface area contributed by atoms with Crippen molar-refractivity contribution in [1.29, 1.82) is 0 Å². The van der Waals surface area contributed by atoms with Gasteiger partial charge in [0, 0.05) is 13.1 Å². The molecule has 0 saturated carbocycles. The largest absolute Gasteiger partial charge is 0.389 e. The molecule has 1 heterocycles. The fraction of sp³-hybridized carbons (Fsp3) is 0.529. The van der Waals surface area contributed by atoms with Gasteiger partial charge in [-0.05, 0) is 39.8 Å². The second kappa shape index (κ2) is 7.36. The van der Waals surface area contributed by atoms with Crippen LogP contribution in [0.15, 0.2) is 24.3 Å². The topological polar surface area (TPSA) is 69.2 Å². The Balaban J connectivity index is 1.94. The number of nitrogens with one attached hydrogen (secondary N) is 1. The van der Waals surface area contributed by atoms with Crippen LogP contribution in [0.1, 0.15) is 38.8 Å². The molecule has 5 nitrogen and oxygen atoms in total. The van der Waals surface area contributed by atoms with Crippen LogP contribution in [0.4, 0.5) is 0 Å². The number of aliphatic hydroxyl groups is 1. The maximum Gasteiger partial charge on any atom is 0.232 e. The van der Waals surface area contributed by atoms with Gasteiger partial charge in [0.2, 0.25) is 5.91 Å². The lowest BCUT2D eigenvalue weighted by Crippen LogP contribution is -2.42. The molecule has 0 bridgehead atoms. The normalized spacial score (nSPS) is 13.3. The Morgan fingerprint density at radius 2 is 2.13 bits per heavy atom. The molecular weight excluding hydrogens is 310 g/mol. The molecule has 2 N–H and O–H groups in total. The predicted octanol–water partition coefficient (Wildman–Crippen LogP) is 2.98. The molecule has 1 unspecified atom stereocenters. The zero-order valence-electron chi connectivity index (χ0n) is 14.2. The molecule has 0 aliphatic carbocycles. The number of hydrogen-bond acceptors (Lipinski definition) is 4. The molecule has 1 aromatic carbocycles. The Kier molecular flexibility index (Phi) is 5.70. The van der Waals surface area contributed by atoms with E-state index in [-0.39, 0.29) is 11.2 Å². The van der Waals surface area contributed by atoms with Gasteiger partial charge < -0.3 is 15.0 Å². The third-order valence-electron chi connectivity index (χ3n) is 3.56. The van der Waals surface area contributed by atoms with Gasteiger partial charge in [-0.3, -0.25) is 4.79 Å². The lowest BCUT2D eigenvalue weighted by atomic mass is 10.1. The number of likely N-dealkylation sites (N-methyl/N-ethyl adjacent to an activating group) is 1. The molecule has 1 aromatic heterocycles. The Morgan fingerprint density at radius 1 is 1.43 bits per heavy atom. The van der Waals surface area contributed by atoms with Crippen molar-refractivity contribution in [3.05, 3.63) is 30.1 Å². The van der Waals surface area contributed by atoms with Gasteiger partial charge in [0.15, 0.2) is 0 Å². The zero-order chi connectivity index (χ0) is 17.0. The fourth-order valence-electron chi connectivity index (χ4n) is 2.37. The Hall–Kier alpha value is -1.53. The van der Waals surface area contributed by atoms with Crippen molar-refractivity contribution in [2.75, 3.05) is 18.8 Å². The molecule has 0 saturated heterocycles. The summed E-state index contributed by atoms with van der Waals surface area (Å²) in [4.78, 5) is 21.9. The highest BCUT2D eigenvalue weighted by molar-refractivity contribution is 8.00. The number of carbonyl (C=O) groups is 1. The number of amides is 1. The van der Waals surface area contributed by atoms with E-state index in [2.05, 4.69) is 9.97 Å². The molecule has 1 amide bonds. The fourth-order valence-corrected chi connectivity index (χ4v) is 3.22. The van der Waals surface area contributed by atoms with E-state index >= 15 is 0 Å². The zero-order valence-corrected chi connectivity index (χ0v) is 15.0. The van der Waals surface area contributed by atoms with E-state index in [4.69, 9.17) is 0 Å². The van der Waals surface area contributed by atoms with Crippen LogP contribution in [-0.2, 0) is 4.79 Å². The van der Waals surface area contributed by atoms with Crippen LogP contribution in [0.3, 0.4) is 0 Å². The van der Waals surface area contributed by atoms with E-state index in [1.54, 1.807) is 30.5 Å². The number of H-pyrrole nitrogens is 1. The number of rotatable bonds is 7. The van der Waals surface area contributed by atoms with Crippen molar-refractivity contribution in [3.8, 4) is 0 Å². The van der Waals surface area contributed by atoms with E-state index in [1.807, 2.05) is 38.1 Å². The van der Waals surface area contributed by atoms with Crippen molar-refractivity contribution in [3.63, 3.8) is 0 Å². The van der Waals surface area contributed by atoms with Crippen LogP contribution in [0.2, 0.25) is 0 Å². The van der Waals surface area contributed by atoms with Crippen LogP contribution < -0.4 is 0 Å². The van der Waals surface area contributed by atoms with E-state index < -0.39 is 5.60 Å². The molecule has 0 fully saturated rings. The van der Waals surface area contributed by atoms with Gasteiger partial charge in [-0.15, -0.1) is 11.8 Å². The standard InChI is InChI=1S/C17H25N3O2S/c1-5-20(11-17(3,4)22)15(21)10-23-12(2)16-18-13-8-6-7-9-14(13)19-16/h6-9,12,22H,5,10-11H2,1-4H3,(H,18,19). The first kappa shape index (κ1) is 17.8. The molecule has 2 aromatic rings. The summed E-state index contributed by atoms with van der Waals surface area (Å²) in [6, 6.07) is 7.90. The molecule has 126 valence electrons. The van der Waals surface area contributed by atoms with Crippen LogP contribution in [-0.4, -0.2) is 50.3 Å². The van der Waals surface area contributed by atoms with Gasteiger partial charge >= 0.3 is 0 Å². The Morgan fingerprint density at radius 3 is 2.74 bits per heavy atom. The molecule has 23 heavy (non-hydrogen) atoms. The van der Waals surface area contributed by atoms with Gasteiger partial charge in [0.25, 0.3) is 0 Å². The monoisotopic (exact) mass is 335 g/mol. The number of para-hydroxylation sites is 2. The average Bonchev–Trinajstić information content (AvgIpc) is 2.93. The highest BCUT2D eigenvalue weighted by Gasteiger charge is 2.22. The first-order valence-electron chi connectivity index (χ1n) is 7.86. The number of benzene rings is 1. The van der Waals surface area contributed by atoms with Crippen LogP contribution >= 0.6 is 11.8 Å². The van der Waals surface area contributed by atoms with Crippen molar-refractivity contribution in [1.82, 2.24) is 14.9 Å². The van der Waals surface area contributed by atoms with Crippen LogP contribution in [0.5, 0.6) is 0 Å². The minimum absolute atomic E-state index is 0.0441. The maximum atomic E-state index is 12.3. The Labute approximate surface area is 141 Å². The first-order valence-corrected chi connectivity index (χ1v) is 8.91. The smallest absolute Gasteiger partial charge is 0.232 e. The lowest BCUT2D eigenvalue weighted by Gasteiger charge is -2.28. The van der Waals surface area contributed by atoms with E-state index in [0.717, 1.165) is 16.9 Å². The summed E-state index contributed by atoms with van der Waals surface area (Å²) in [5.74, 6) is 1.31. The summed E-state index contributed by atoms with van der Waals surface area (Å²) in [5, 5.41) is 9.99. The number of nitrogens with zero attached hydrogens (tertiary/aromatic N) is 2. The molecule has 6 heteroatoms. The Bertz CT molecular complexity index is 630. The lowest BCUT2D eigenvalue weighted by molar-refractivity contribution is -0.131. The number of thioether (sulfide) groups is 1. The van der Waals surface area contributed by atoms with Crippen molar-refractivity contribution < 1.29 is 9.90 Å². The minimum Gasteiger partial charge on any atom is -0.389 e. The maximum absolute atomic E-state index is 12.3. The molecule has 2 rings (SSSR count). The predicted molar refractivity (Wildman–Crippen MR) is 95.5 cm³/mol. The second-order valence-corrected chi connectivity index (χ2v) is 7.64. The third-order valence-corrected chi connectivity index (χ3v) is 4.70. The van der Waals surface area contributed by atoms with E-state index in [1.165, 1.54) is 0 Å². The third kappa shape index (κ3) is 4.97. The molecule has 0 radical (unpaired) electrons. The number of carbonyl (C=O) groups excluding carboxylic acids is 1. The molecular formula is C17H25N3O2S. The van der Waals surface area contributed by atoms with E-state index in [0.29, 0.717) is 18.8 Å². The van der Waals surface area contributed by atoms with Gasteiger partial charge in [0.05, 0.1) is 27.6 Å². The quantitative estimate of drug-likeness (QED) is 0.816. The second-order valence-electron chi connectivity index (χ2n) is 6.31. The summed E-state index contributed by atoms with van der Waals surface area (Å²) < 4.78 is 0. The average molecular weight is 335 g/mol. The molecule has 1 atom stereocenters. The van der Waals surface area contributed by atoms with Gasteiger partial charge in [-0.25, -0.2) is 4.98 Å².